The molecule has 0 radical (unpaired) electrons. The van der Waals surface area contributed by atoms with Crippen molar-refractivity contribution in [3.05, 3.63) is 47.3 Å². The predicted molar refractivity (Wildman–Crippen MR) is 88.8 cm³/mol. The van der Waals surface area contributed by atoms with Crippen LogP contribution in [0, 0.1) is 23.2 Å². The van der Waals surface area contributed by atoms with Crippen LogP contribution in [-0.2, 0) is 14.2 Å². The van der Waals surface area contributed by atoms with Crippen LogP contribution in [0.5, 0.6) is 0 Å². The lowest BCUT2D eigenvalue weighted by atomic mass is 9.63. The van der Waals surface area contributed by atoms with Crippen molar-refractivity contribution in [2.75, 3.05) is 6.61 Å². The zero-order valence-electron chi connectivity index (χ0n) is 14.2. The lowest BCUT2D eigenvalue weighted by molar-refractivity contribution is -0.115. The van der Waals surface area contributed by atoms with E-state index in [2.05, 4.69) is 26.0 Å². The molecule has 2 aliphatic carbocycles. The van der Waals surface area contributed by atoms with E-state index >= 15 is 0 Å². The molecule has 5 aliphatic rings. The summed E-state index contributed by atoms with van der Waals surface area (Å²) in [6.07, 6.45) is 10.8. The molecule has 0 bridgehead atoms. The van der Waals surface area contributed by atoms with Gasteiger partial charge in [-0.15, -0.1) is 0 Å². The topological polar surface area (TPSA) is 47.9 Å². The molecule has 4 heteroatoms. The molecule has 128 valence electrons. The summed E-state index contributed by atoms with van der Waals surface area (Å²) in [5.41, 5.74) is 1.34. The van der Waals surface area contributed by atoms with Gasteiger partial charge in [0.05, 0.1) is 30.8 Å². The molecule has 5 rings (SSSR count). The number of aliphatic hydroxyl groups excluding tert-OH is 1. The number of hydrogen-bond donors (Lipinski definition) is 1. The normalized spacial score (nSPS) is 41.8. The molecule has 1 saturated carbocycles. The highest BCUT2D eigenvalue weighted by Gasteiger charge is 2.55. The average Bonchev–Trinajstić information content (AvgIpc) is 2.95. The first-order chi connectivity index (χ1) is 11.6. The van der Waals surface area contributed by atoms with E-state index in [4.69, 9.17) is 14.2 Å². The lowest BCUT2D eigenvalue weighted by Gasteiger charge is -2.51. The van der Waals surface area contributed by atoms with E-state index in [1.54, 1.807) is 0 Å². The Kier molecular flexibility index (Phi) is 3.00. The van der Waals surface area contributed by atoms with Crippen LogP contribution in [0.1, 0.15) is 33.1 Å². The zero-order valence-corrected chi connectivity index (χ0v) is 14.2. The van der Waals surface area contributed by atoms with E-state index in [1.807, 2.05) is 12.3 Å². The largest absolute Gasteiger partial charge is 0.512 e. The zero-order chi connectivity index (χ0) is 16.5. The molecule has 5 atom stereocenters. The molecular formula is C20H24O4. The SMILES string of the molecule is CC1(C)CC2=C3OC4=CCC=C(O)C4C3COC2[C@H]2CC=CO[C@H]21. The van der Waals surface area contributed by atoms with Gasteiger partial charge in [-0.25, -0.2) is 0 Å². The third-order valence-corrected chi connectivity index (χ3v) is 6.28. The van der Waals surface area contributed by atoms with Gasteiger partial charge in [0.25, 0.3) is 0 Å². The maximum atomic E-state index is 10.3. The van der Waals surface area contributed by atoms with Gasteiger partial charge in [0, 0.05) is 11.3 Å². The molecule has 4 nitrogen and oxygen atoms in total. The molecule has 3 unspecified atom stereocenters. The van der Waals surface area contributed by atoms with Gasteiger partial charge in [0.15, 0.2) is 0 Å². The molecule has 3 heterocycles. The van der Waals surface area contributed by atoms with Gasteiger partial charge in [-0.1, -0.05) is 13.8 Å². The van der Waals surface area contributed by atoms with Crippen LogP contribution >= 0.6 is 0 Å². The van der Waals surface area contributed by atoms with Crippen LogP contribution in [0.3, 0.4) is 0 Å². The first-order valence-electron chi connectivity index (χ1n) is 8.98. The lowest BCUT2D eigenvalue weighted by Crippen LogP contribution is -2.52. The molecule has 0 spiro atoms. The molecule has 24 heavy (non-hydrogen) atoms. The second kappa shape index (κ2) is 4.92. The van der Waals surface area contributed by atoms with Crippen molar-refractivity contribution in [2.24, 2.45) is 23.2 Å². The summed E-state index contributed by atoms with van der Waals surface area (Å²) >= 11 is 0. The van der Waals surface area contributed by atoms with Crippen molar-refractivity contribution in [2.45, 2.75) is 45.3 Å². The fraction of sp³-hybridized carbons (Fsp3) is 0.600. The van der Waals surface area contributed by atoms with E-state index in [9.17, 15) is 5.11 Å². The van der Waals surface area contributed by atoms with Crippen LogP contribution < -0.4 is 0 Å². The van der Waals surface area contributed by atoms with Gasteiger partial charge in [0.2, 0.25) is 0 Å². The van der Waals surface area contributed by atoms with Crippen LogP contribution in [0.2, 0.25) is 0 Å². The molecule has 0 aromatic heterocycles. The molecule has 0 amide bonds. The molecular weight excluding hydrogens is 304 g/mol. The van der Waals surface area contributed by atoms with Crippen molar-refractivity contribution in [1.29, 1.82) is 0 Å². The van der Waals surface area contributed by atoms with Gasteiger partial charge >= 0.3 is 0 Å². The molecule has 1 saturated heterocycles. The van der Waals surface area contributed by atoms with E-state index in [-0.39, 0.29) is 29.5 Å². The standard InChI is InChI=1S/C20H24O4/c1-20(2)9-12-17(11-5-4-8-22-19(11)20)23-10-13-16-14(21)6-3-7-15(16)24-18(12)13/h4,6-8,11,13,16-17,19,21H,3,5,9-10H2,1-2H3/t11-,13?,16?,17?,19-/m1/s1. The Bertz CT molecular complexity index is 696. The summed E-state index contributed by atoms with van der Waals surface area (Å²) in [5, 5.41) is 10.3. The average molecular weight is 328 g/mol. The molecule has 3 aliphatic heterocycles. The monoisotopic (exact) mass is 328 g/mol. The van der Waals surface area contributed by atoms with Crippen molar-refractivity contribution < 1.29 is 19.3 Å². The van der Waals surface area contributed by atoms with Gasteiger partial charge in [-0.05, 0) is 43.1 Å². The summed E-state index contributed by atoms with van der Waals surface area (Å²) in [6, 6.07) is 0. The van der Waals surface area contributed by atoms with Gasteiger partial charge < -0.3 is 19.3 Å². The van der Waals surface area contributed by atoms with Crippen LogP contribution in [0.4, 0.5) is 0 Å². The Morgan fingerprint density at radius 3 is 3.00 bits per heavy atom. The first-order valence-corrected chi connectivity index (χ1v) is 8.98. The minimum absolute atomic E-state index is 0.0445. The summed E-state index contributed by atoms with van der Waals surface area (Å²) in [6.45, 7) is 5.16. The fourth-order valence-electron chi connectivity index (χ4n) is 5.27. The molecule has 2 fully saturated rings. The highest BCUT2D eigenvalue weighted by molar-refractivity contribution is 5.37. The minimum atomic E-state index is -0.0504. The van der Waals surface area contributed by atoms with Gasteiger partial charge in [-0.2, -0.15) is 0 Å². The van der Waals surface area contributed by atoms with Crippen molar-refractivity contribution in [3.8, 4) is 0 Å². The third kappa shape index (κ3) is 1.89. The van der Waals surface area contributed by atoms with Crippen LogP contribution in [0.25, 0.3) is 0 Å². The second-order valence-electron chi connectivity index (χ2n) is 8.29. The number of ether oxygens (including phenoxy) is 3. The predicted octanol–water partition coefficient (Wildman–Crippen LogP) is 3.98. The van der Waals surface area contributed by atoms with E-state index < -0.39 is 0 Å². The van der Waals surface area contributed by atoms with Crippen molar-refractivity contribution >= 4 is 0 Å². The van der Waals surface area contributed by atoms with Crippen LogP contribution in [0.15, 0.2) is 47.3 Å². The Morgan fingerprint density at radius 1 is 1.25 bits per heavy atom. The third-order valence-electron chi connectivity index (χ3n) is 6.28. The second-order valence-corrected chi connectivity index (χ2v) is 8.29. The fourth-order valence-corrected chi connectivity index (χ4v) is 5.27. The number of hydrogen-bond acceptors (Lipinski definition) is 4. The molecule has 1 N–H and O–H groups in total. The number of aliphatic hydroxyl groups is 1. The summed E-state index contributed by atoms with van der Waals surface area (Å²) in [7, 11) is 0. The van der Waals surface area contributed by atoms with Crippen molar-refractivity contribution in [3.63, 3.8) is 0 Å². The Balaban J connectivity index is 1.59. The van der Waals surface area contributed by atoms with E-state index in [0.717, 1.165) is 30.8 Å². The van der Waals surface area contributed by atoms with Crippen LogP contribution in [-0.4, -0.2) is 23.9 Å². The highest BCUT2D eigenvalue weighted by Crippen LogP contribution is 2.55. The van der Waals surface area contributed by atoms with Crippen molar-refractivity contribution in [1.82, 2.24) is 0 Å². The number of rotatable bonds is 0. The maximum absolute atomic E-state index is 10.3. The Labute approximate surface area is 142 Å². The maximum Gasteiger partial charge on any atom is 0.112 e. The van der Waals surface area contributed by atoms with E-state index in [1.165, 1.54) is 5.57 Å². The quantitative estimate of drug-likeness (QED) is 0.731. The highest BCUT2D eigenvalue weighted by atomic mass is 16.5. The summed E-state index contributed by atoms with van der Waals surface area (Å²) in [4.78, 5) is 0. The van der Waals surface area contributed by atoms with Gasteiger partial charge in [-0.3, -0.25) is 0 Å². The molecule has 0 aromatic rings. The van der Waals surface area contributed by atoms with E-state index in [0.29, 0.717) is 18.3 Å². The summed E-state index contributed by atoms with van der Waals surface area (Å²) in [5.74, 6) is 2.81. The summed E-state index contributed by atoms with van der Waals surface area (Å²) < 4.78 is 18.6. The number of allylic oxidation sites excluding steroid dienone is 3. The first kappa shape index (κ1) is 14.6. The Hall–Kier alpha value is -1.68. The number of fused-ring (bicyclic) bond motifs is 6. The van der Waals surface area contributed by atoms with Gasteiger partial charge in [0.1, 0.15) is 23.4 Å². The Morgan fingerprint density at radius 2 is 2.12 bits per heavy atom. The molecule has 0 aromatic carbocycles. The smallest absolute Gasteiger partial charge is 0.112 e. The minimum Gasteiger partial charge on any atom is -0.512 e.